The molecule has 0 saturated carbocycles. The zero-order valence-corrected chi connectivity index (χ0v) is 11.6. The molecule has 0 aliphatic heterocycles. The van der Waals surface area contributed by atoms with Crippen LogP contribution < -0.4 is 0 Å². The third-order valence-electron chi connectivity index (χ3n) is 4.28. The Balaban J connectivity index is 2.31. The van der Waals surface area contributed by atoms with E-state index in [1.54, 1.807) is 0 Å². The van der Waals surface area contributed by atoms with Crippen LogP contribution in [0.3, 0.4) is 0 Å². The number of hydrogen-bond acceptors (Lipinski definition) is 1. The van der Waals surface area contributed by atoms with E-state index in [0.717, 1.165) is 25.7 Å². The van der Waals surface area contributed by atoms with Gasteiger partial charge in [-0.05, 0) is 42.7 Å². The molecule has 2 atom stereocenters. The fourth-order valence-electron chi connectivity index (χ4n) is 3.48. The van der Waals surface area contributed by atoms with Gasteiger partial charge < -0.3 is 0 Å². The first-order valence-electron chi connectivity index (χ1n) is 7.21. The third kappa shape index (κ3) is 2.43. The molecule has 0 N–H and O–H groups in total. The first-order chi connectivity index (χ1) is 8.72. The number of rotatable bonds is 4. The Morgan fingerprint density at radius 2 is 2.17 bits per heavy atom. The van der Waals surface area contributed by atoms with Crippen molar-refractivity contribution in [3.63, 3.8) is 0 Å². The number of benzene rings is 1. The highest BCUT2D eigenvalue weighted by Gasteiger charge is 2.37. The molecule has 1 aliphatic rings. The molecule has 1 nitrogen and oxygen atoms in total. The van der Waals surface area contributed by atoms with Gasteiger partial charge >= 0.3 is 0 Å². The van der Waals surface area contributed by atoms with Crippen molar-refractivity contribution >= 4 is 0 Å². The molecular weight excluding hydrogens is 218 g/mol. The van der Waals surface area contributed by atoms with Gasteiger partial charge in [0.15, 0.2) is 0 Å². The van der Waals surface area contributed by atoms with Gasteiger partial charge in [-0.15, -0.1) is 0 Å². The molecule has 1 heteroatoms. The van der Waals surface area contributed by atoms with Gasteiger partial charge in [0.2, 0.25) is 0 Å². The van der Waals surface area contributed by atoms with Crippen molar-refractivity contribution in [3.8, 4) is 6.07 Å². The fourth-order valence-corrected chi connectivity index (χ4v) is 3.48. The van der Waals surface area contributed by atoms with Crippen LogP contribution in [0.2, 0.25) is 0 Å². The Morgan fingerprint density at radius 3 is 2.89 bits per heavy atom. The minimum atomic E-state index is -0.219. The highest BCUT2D eigenvalue weighted by Crippen LogP contribution is 2.42. The van der Waals surface area contributed by atoms with Crippen LogP contribution in [-0.4, -0.2) is 0 Å². The molecular formula is C17H23N. The molecule has 1 aliphatic carbocycles. The molecule has 0 amide bonds. The Kier molecular flexibility index (Phi) is 4.07. The maximum Gasteiger partial charge on any atom is 0.0827 e. The van der Waals surface area contributed by atoms with E-state index in [0.29, 0.717) is 5.92 Å². The molecule has 0 radical (unpaired) electrons. The summed E-state index contributed by atoms with van der Waals surface area (Å²) in [5.74, 6) is 0.640. The monoisotopic (exact) mass is 241 g/mol. The summed E-state index contributed by atoms with van der Waals surface area (Å²) in [5, 5.41) is 9.76. The first kappa shape index (κ1) is 13.1. The van der Waals surface area contributed by atoms with Gasteiger partial charge in [0, 0.05) is 0 Å². The Bertz CT molecular complexity index is 443. The van der Waals surface area contributed by atoms with Crippen molar-refractivity contribution in [2.75, 3.05) is 0 Å². The summed E-state index contributed by atoms with van der Waals surface area (Å²) in [6.45, 7) is 4.52. The standard InChI is InChI=1S/C17H23N/c1-3-7-14(2)12-17(13-18)11-6-9-15-8-4-5-10-16(15)17/h4-5,8,10,14H,3,6-7,9,11-12H2,1-2H3. The highest BCUT2D eigenvalue weighted by atomic mass is 14.4. The predicted molar refractivity (Wildman–Crippen MR) is 75.4 cm³/mol. The number of nitrogens with zero attached hydrogens (tertiary/aromatic N) is 1. The lowest BCUT2D eigenvalue weighted by Crippen LogP contribution is -2.31. The van der Waals surface area contributed by atoms with Gasteiger partial charge in [0.25, 0.3) is 0 Å². The zero-order chi connectivity index (χ0) is 13.0. The van der Waals surface area contributed by atoms with Crippen LogP contribution in [0, 0.1) is 17.2 Å². The van der Waals surface area contributed by atoms with Crippen molar-refractivity contribution in [2.24, 2.45) is 5.92 Å². The quantitative estimate of drug-likeness (QED) is 0.755. The minimum absolute atomic E-state index is 0.219. The van der Waals surface area contributed by atoms with Crippen LogP contribution in [0.4, 0.5) is 0 Å². The van der Waals surface area contributed by atoms with E-state index in [4.69, 9.17) is 0 Å². The van der Waals surface area contributed by atoms with Crippen LogP contribution >= 0.6 is 0 Å². The van der Waals surface area contributed by atoms with Crippen molar-refractivity contribution in [1.29, 1.82) is 5.26 Å². The number of fused-ring (bicyclic) bond motifs is 1. The molecule has 0 fully saturated rings. The Morgan fingerprint density at radius 1 is 1.39 bits per heavy atom. The second kappa shape index (κ2) is 5.57. The van der Waals surface area contributed by atoms with E-state index in [9.17, 15) is 5.26 Å². The minimum Gasteiger partial charge on any atom is -0.197 e. The molecule has 2 rings (SSSR count). The summed E-state index contributed by atoms with van der Waals surface area (Å²) in [7, 11) is 0. The summed E-state index contributed by atoms with van der Waals surface area (Å²) >= 11 is 0. The third-order valence-corrected chi connectivity index (χ3v) is 4.28. The van der Waals surface area contributed by atoms with Gasteiger partial charge in [-0.2, -0.15) is 5.26 Å². The summed E-state index contributed by atoms with van der Waals surface area (Å²) in [4.78, 5) is 0. The molecule has 0 bridgehead atoms. The van der Waals surface area contributed by atoms with Gasteiger partial charge in [-0.3, -0.25) is 0 Å². The average molecular weight is 241 g/mol. The van der Waals surface area contributed by atoms with Crippen molar-refractivity contribution in [1.82, 2.24) is 0 Å². The second-order valence-corrected chi connectivity index (χ2v) is 5.80. The average Bonchev–Trinajstić information content (AvgIpc) is 2.39. The smallest absolute Gasteiger partial charge is 0.0827 e. The van der Waals surface area contributed by atoms with Gasteiger partial charge in [0.05, 0.1) is 11.5 Å². The molecule has 96 valence electrons. The fraction of sp³-hybridized carbons (Fsp3) is 0.588. The maximum atomic E-state index is 9.76. The number of aryl methyl sites for hydroxylation is 1. The largest absolute Gasteiger partial charge is 0.197 e. The Hall–Kier alpha value is -1.29. The van der Waals surface area contributed by atoms with Gasteiger partial charge in [0.1, 0.15) is 0 Å². The first-order valence-corrected chi connectivity index (χ1v) is 7.21. The molecule has 18 heavy (non-hydrogen) atoms. The van der Waals surface area contributed by atoms with Crippen LogP contribution in [0.1, 0.15) is 57.1 Å². The topological polar surface area (TPSA) is 23.8 Å². The molecule has 2 unspecified atom stereocenters. The van der Waals surface area contributed by atoms with E-state index >= 15 is 0 Å². The summed E-state index contributed by atoms with van der Waals surface area (Å²) in [6.07, 6.45) is 6.80. The van der Waals surface area contributed by atoms with Crippen molar-refractivity contribution < 1.29 is 0 Å². The Labute approximate surface area is 111 Å². The lowest BCUT2D eigenvalue weighted by molar-refractivity contribution is 0.340. The van der Waals surface area contributed by atoms with Crippen LogP contribution in [0.5, 0.6) is 0 Å². The second-order valence-electron chi connectivity index (χ2n) is 5.80. The molecule has 0 heterocycles. The summed E-state index contributed by atoms with van der Waals surface area (Å²) < 4.78 is 0. The highest BCUT2D eigenvalue weighted by molar-refractivity contribution is 5.41. The molecule has 1 aromatic rings. The van der Waals surface area contributed by atoms with E-state index in [1.807, 2.05) is 0 Å². The van der Waals surface area contributed by atoms with Crippen LogP contribution in [0.15, 0.2) is 24.3 Å². The summed E-state index contributed by atoms with van der Waals surface area (Å²) in [5.41, 5.74) is 2.49. The number of nitriles is 1. The molecule has 0 saturated heterocycles. The van der Waals surface area contributed by atoms with Crippen LogP contribution in [-0.2, 0) is 11.8 Å². The van der Waals surface area contributed by atoms with Gasteiger partial charge in [-0.1, -0.05) is 51.0 Å². The van der Waals surface area contributed by atoms with E-state index in [2.05, 4.69) is 44.2 Å². The SMILES string of the molecule is CCCC(C)CC1(C#N)CCCc2ccccc21. The molecule has 0 aromatic heterocycles. The lowest BCUT2D eigenvalue weighted by Gasteiger charge is -2.35. The number of hydrogen-bond donors (Lipinski definition) is 0. The maximum absolute atomic E-state index is 9.76. The molecule has 0 spiro atoms. The van der Waals surface area contributed by atoms with E-state index < -0.39 is 0 Å². The van der Waals surface area contributed by atoms with Crippen LogP contribution in [0.25, 0.3) is 0 Å². The molecule has 1 aromatic carbocycles. The normalized spacial score (nSPS) is 24.1. The predicted octanol–water partition coefficient (Wildman–Crippen LogP) is 4.61. The summed E-state index contributed by atoms with van der Waals surface area (Å²) in [6, 6.07) is 11.2. The lowest BCUT2D eigenvalue weighted by atomic mass is 9.66. The van der Waals surface area contributed by atoms with E-state index in [-0.39, 0.29) is 5.41 Å². The zero-order valence-electron chi connectivity index (χ0n) is 11.6. The van der Waals surface area contributed by atoms with Gasteiger partial charge in [-0.25, -0.2) is 0 Å². The van der Waals surface area contributed by atoms with Crippen molar-refractivity contribution in [2.45, 2.75) is 57.8 Å². The van der Waals surface area contributed by atoms with E-state index in [1.165, 1.54) is 24.0 Å². The van der Waals surface area contributed by atoms with Crippen molar-refractivity contribution in [3.05, 3.63) is 35.4 Å².